The highest BCUT2D eigenvalue weighted by Gasteiger charge is 2.23. The van der Waals surface area contributed by atoms with Crippen molar-refractivity contribution in [3.8, 4) is 78.7 Å². The standard InChI is InChI=1S/C64H46N2/c1-43-30-31-50(40-44(43)2)63-55-34-32-52(66-61(48-23-11-5-12-24-48)38-39-62(66)49-25-13-6-14-26-49)42-58(55)64(54-29-17-27-45-18-15-16-28-53(45)54)56-35-33-51(41-57(56)63)65-59(46-19-7-3-8-20-46)36-37-60(65)47-21-9-4-10-22-47/h3-42H,1-2H3. The zero-order valence-electron chi connectivity index (χ0n) is 37.0. The predicted molar refractivity (Wildman–Crippen MR) is 280 cm³/mol. The first-order valence-corrected chi connectivity index (χ1v) is 22.8. The van der Waals surface area contributed by atoms with Crippen LogP contribution in [0.5, 0.6) is 0 Å². The highest BCUT2D eigenvalue weighted by molar-refractivity contribution is 6.24. The molecule has 0 N–H and O–H groups in total. The van der Waals surface area contributed by atoms with Gasteiger partial charge in [-0.25, -0.2) is 0 Å². The van der Waals surface area contributed by atoms with Crippen LogP contribution in [-0.2, 0) is 0 Å². The summed E-state index contributed by atoms with van der Waals surface area (Å²) in [5, 5.41) is 7.29. The first-order valence-electron chi connectivity index (χ1n) is 22.8. The van der Waals surface area contributed by atoms with E-state index in [0.717, 1.165) is 34.2 Å². The quantitative estimate of drug-likeness (QED) is 0.135. The van der Waals surface area contributed by atoms with E-state index < -0.39 is 0 Å². The maximum Gasteiger partial charge on any atom is 0.0535 e. The fourth-order valence-corrected chi connectivity index (χ4v) is 10.2. The van der Waals surface area contributed by atoms with Crippen molar-refractivity contribution in [3.05, 3.63) is 254 Å². The minimum absolute atomic E-state index is 1.11. The van der Waals surface area contributed by atoms with Crippen molar-refractivity contribution < 1.29 is 0 Å². The van der Waals surface area contributed by atoms with Crippen LogP contribution in [0.1, 0.15) is 11.1 Å². The van der Waals surface area contributed by atoms with Crippen LogP contribution >= 0.6 is 0 Å². The molecule has 2 heteroatoms. The number of fused-ring (bicyclic) bond motifs is 3. The maximum atomic E-state index is 2.45. The molecule has 66 heavy (non-hydrogen) atoms. The van der Waals surface area contributed by atoms with Crippen LogP contribution in [0, 0.1) is 13.8 Å². The highest BCUT2D eigenvalue weighted by Crippen LogP contribution is 2.48. The Morgan fingerprint density at radius 1 is 0.258 bits per heavy atom. The summed E-state index contributed by atoms with van der Waals surface area (Å²) in [6, 6.07) is 89.1. The van der Waals surface area contributed by atoms with E-state index in [0.29, 0.717) is 0 Å². The molecule has 0 unspecified atom stereocenters. The number of benzene rings is 10. The number of nitrogens with zero attached hydrogens (tertiary/aromatic N) is 2. The third-order valence-electron chi connectivity index (χ3n) is 13.5. The van der Waals surface area contributed by atoms with E-state index in [4.69, 9.17) is 0 Å². The minimum Gasteiger partial charge on any atom is -0.309 e. The van der Waals surface area contributed by atoms with E-state index in [1.165, 1.54) is 88.0 Å². The molecule has 2 aromatic heterocycles. The van der Waals surface area contributed by atoms with Crippen molar-refractivity contribution in [1.29, 1.82) is 0 Å². The molecule has 0 radical (unpaired) electrons. The molecule has 12 rings (SSSR count). The third kappa shape index (κ3) is 6.66. The largest absolute Gasteiger partial charge is 0.309 e. The summed E-state index contributed by atoms with van der Waals surface area (Å²) in [5.74, 6) is 0. The van der Waals surface area contributed by atoms with E-state index in [9.17, 15) is 0 Å². The summed E-state index contributed by atoms with van der Waals surface area (Å²) in [6.45, 7) is 4.44. The van der Waals surface area contributed by atoms with Gasteiger partial charge in [0.15, 0.2) is 0 Å². The Morgan fingerprint density at radius 2 is 0.682 bits per heavy atom. The van der Waals surface area contributed by atoms with Gasteiger partial charge < -0.3 is 9.13 Å². The molecule has 312 valence electrons. The lowest BCUT2D eigenvalue weighted by molar-refractivity contribution is 1.10. The summed E-state index contributed by atoms with van der Waals surface area (Å²) in [7, 11) is 0. The van der Waals surface area contributed by atoms with Crippen LogP contribution in [-0.4, -0.2) is 9.13 Å². The SMILES string of the molecule is Cc1ccc(-c2c3cc(-n4c(-c5ccccc5)ccc4-c4ccccc4)ccc3c(-c3cccc4ccccc34)c3cc(-n4c(-c5ccccc5)ccc4-c4ccccc4)ccc23)cc1C. The normalized spacial score (nSPS) is 11.5. The molecule has 0 aliphatic heterocycles. The van der Waals surface area contributed by atoms with Gasteiger partial charge in [-0.3, -0.25) is 0 Å². The first-order chi connectivity index (χ1) is 32.6. The smallest absolute Gasteiger partial charge is 0.0535 e. The number of hydrogen-bond donors (Lipinski definition) is 0. The summed E-state index contributed by atoms with van der Waals surface area (Å²) >= 11 is 0. The number of hydrogen-bond acceptors (Lipinski definition) is 0. The Balaban J connectivity index is 1.22. The zero-order valence-corrected chi connectivity index (χ0v) is 37.0. The fraction of sp³-hybridized carbons (Fsp3) is 0.0312. The van der Waals surface area contributed by atoms with Gasteiger partial charge in [-0.2, -0.15) is 0 Å². The van der Waals surface area contributed by atoms with E-state index in [1.807, 2.05) is 0 Å². The molecule has 2 nitrogen and oxygen atoms in total. The van der Waals surface area contributed by atoms with Gasteiger partial charge in [-0.1, -0.05) is 194 Å². The van der Waals surface area contributed by atoms with Gasteiger partial charge in [0, 0.05) is 11.4 Å². The van der Waals surface area contributed by atoms with E-state index in [2.05, 4.69) is 266 Å². The van der Waals surface area contributed by atoms with Crippen LogP contribution in [0.4, 0.5) is 0 Å². The average molecular weight is 843 g/mol. The second-order valence-electron chi connectivity index (χ2n) is 17.4. The van der Waals surface area contributed by atoms with Gasteiger partial charge in [0.25, 0.3) is 0 Å². The molecular formula is C64H46N2. The molecule has 0 bridgehead atoms. The second-order valence-corrected chi connectivity index (χ2v) is 17.4. The lowest BCUT2D eigenvalue weighted by Gasteiger charge is -2.23. The molecule has 0 saturated heterocycles. The molecule has 0 fully saturated rings. The van der Waals surface area contributed by atoms with Crippen molar-refractivity contribution in [2.45, 2.75) is 13.8 Å². The Morgan fingerprint density at radius 3 is 1.17 bits per heavy atom. The summed E-state index contributed by atoms with van der Waals surface area (Å²) < 4.78 is 4.89. The molecule has 0 saturated carbocycles. The van der Waals surface area contributed by atoms with Crippen molar-refractivity contribution in [2.24, 2.45) is 0 Å². The van der Waals surface area contributed by atoms with E-state index >= 15 is 0 Å². The molecule has 0 amide bonds. The second kappa shape index (κ2) is 16.3. The van der Waals surface area contributed by atoms with Crippen molar-refractivity contribution in [2.75, 3.05) is 0 Å². The van der Waals surface area contributed by atoms with Gasteiger partial charge in [0.1, 0.15) is 0 Å². The Bertz CT molecular complexity index is 3630. The van der Waals surface area contributed by atoms with Gasteiger partial charge in [0.2, 0.25) is 0 Å². The fourth-order valence-electron chi connectivity index (χ4n) is 10.2. The Labute approximate surface area is 386 Å². The molecule has 0 aliphatic rings. The van der Waals surface area contributed by atoms with Crippen molar-refractivity contribution in [1.82, 2.24) is 9.13 Å². The van der Waals surface area contributed by atoms with Crippen molar-refractivity contribution >= 4 is 32.3 Å². The predicted octanol–water partition coefficient (Wildman–Crippen LogP) is 17.3. The average Bonchev–Trinajstić information content (AvgIpc) is 4.04. The highest BCUT2D eigenvalue weighted by atomic mass is 15.0. The maximum absolute atomic E-state index is 2.45. The number of rotatable bonds is 8. The number of aryl methyl sites for hydroxylation is 2. The van der Waals surface area contributed by atoms with Crippen LogP contribution in [0.3, 0.4) is 0 Å². The monoisotopic (exact) mass is 842 g/mol. The van der Waals surface area contributed by atoms with Gasteiger partial charge in [-0.05, 0) is 150 Å². The number of aromatic nitrogens is 2. The van der Waals surface area contributed by atoms with Crippen LogP contribution in [0.25, 0.3) is 111 Å². The van der Waals surface area contributed by atoms with Gasteiger partial charge in [0.05, 0.1) is 22.8 Å². The Hall–Kier alpha value is -8.46. The summed E-state index contributed by atoms with van der Waals surface area (Å²) in [4.78, 5) is 0. The molecule has 12 aromatic rings. The molecule has 2 heterocycles. The van der Waals surface area contributed by atoms with E-state index in [-0.39, 0.29) is 0 Å². The van der Waals surface area contributed by atoms with E-state index in [1.54, 1.807) is 0 Å². The minimum atomic E-state index is 1.11. The molecule has 0 spiro atoms. The summed E-state index contributed by atoms with van der Waals surface area (Å²) in [6.07, 6.45) is 0. The van der Waals surface area contributed by atoms with Crippen LogP contribution in [0.2, 0.25) is 0 Å². The molecule has 0 aliphatic carbocycles. The molecule has 10 aromatic carbocycles. The Kier molecular flexibility index (Phi) is 9.65. The van der Waals surface area contributed by atoms with Crippen molar-refractivity contribution in [3.63, 3.8) is 0 Å². The zero-order chi connectivity index (χ0) is 44.1. The van der Waals surface area contributed by atoms with Crippen LogP contribution < -0.4 is 0 Å². The van der Waals surface area contributed by atoms with Crippen LogP contribution in [0.15, 0.2) is 243 Å². The molecular weight excluding hydrogens is 797 g/mol. The van der Waals surface area contributed by atoms with Gasteiger partial charge >= 0.3 is 0 Å². The van der Waals surface area contributed by atoms with Gasteiger partial charge in [-0.15, -0.1) is 0 Å². The topological polar surface area (TPSA) is 9.86 Å². The third-order valence-corrected chi connectivity index (χ3v) is 13.5. The molecule has 0 atom stereocenters. The lowest BCUT2D eigenvalue weighted by atomic mass is 9.84. The lowest BCUT2D eigenvalue weighted by Crippen LogP contribution is -2.02. The summed E-state index contributed by atoms with van der Waals surface area (Å²) in [5.41, 5.74) is 18.9. The first kappa shape index (κ1) is 39.2.